The minimum Gasteiger partial charge on any atom is -0.312 e. The number of sulfonamides is 1. The van der Waals surface area contributed by atoms with Crippen molar-refractivity contribution >= 4 is 38.6 Å². The molecule has 1 aliphatic rings. The number of thiophene rings is 1. The molecule has 128 valence electrons. The summed E-state index contributed by atoms with van der Waals surface area (Å²) in [5.74, 6) is 0.115. The normalized spacial score (nSPS) is 14.6. The van der Waals surface area contributed by atoms with Crippen molar-refractivity contribution in [3.8, 4) is 0 Å². The zero-order chi connectivity index (χ0) is 17.3. The molecule has 0 bridgehead atoms. The van der Waals surface area contributed by atoms with Gasteiger partial charge in [0.25, 0.3) is 10.0 Å². The SMILES string of the molecule is CCc1ccc(S(=O)(=O)Nc2ccc3c(c2)CCC(=O)N3CC)s1. The first-order valence-electron chi connectivity index (χ1n) is 7.99. The van der Waals surface area contributed by atoms with E-state index in [1.165, 1.54) is 11.3 Å². The van der Waals surface area contributed by atoms with Gasteiger partial charge in [0.1, 0.15) is 4.21 Å². The number of nitrogens with zero attached hydrogens (tertiary/aromatic N) is 1. The van der Waals surface area contributed by atoms with Crippen LogP contribution < -0.4 is 9.62 Å². The molecule has 0 aliphatic carbocycles. The smallest absolute Gasteiger partial charge is 0.271 e. The van der Waals surface area contributed by atoms with Gasteiger partial charge >= 0.3 is 0 Å². The molecule has 1 aromatic carbocycles. The van der Waals surface area contributed by atoms with Gasteiger partial charge in [-0.15, -0.1) is 11.3 Å². The highest BCUT2D eigenvalue weighted by atomic mass is 32.2. The number of carbonyl (C=O) groups is 1. The maximum absolute atomic E-state index is 12.5. The van der Waals surface area contributed by atoms with Crippen molar-refractivity contribution in [2.75, 3.05) is 16.2 Å². The Morgan fingerprint density at radius 1 is 1.17 bits per heavy atom. The predicted octanol–water partition coefficient (Wildman–Crippen LogP) is 3.41. The summed E-state index contributed by atoms with van der Waals surface area (Å²) in [6.07, 6.45) is 1.92. The summed E-state index contributed by atoms with van der Waals surface area (Å²) >= 11 is 1.29. The summed E-state index contributed by atoms with van der Waals surface area (Å²) in [5.41, 5.74) is 2.41. The van der Waals surface area contributed by atoms with Crippen molar-refractivity contribution in [2.45, 2.75) is 37.3 Å². The Morgan fingerprint density at radius 3 is 2.62 bits per heavy atom. The maximum atomic E-state index is 12.5. The van der Waals surface area contributed by atoms with E-state index < -0.39 is 10.0 Å². The monoisotopic (exact) mass is 364 g/mol. The molecular weight excluding hydrogens is 344 g/mol. The van der Waals surface area contributed by atoms with Crippen LogP contribution in [0.5, 0.6) is 0 Å². The van der Waals surface area contributed by atoms with Crippen molar-refractivity contribution < 1.29 is 13.2 Å². The zero-order valence-electron chi connectivity index (χ0n) is 13.7. The fraction of sp³-hybridized carbons (Fsp3) is 0.353. The molecule has 0 radical (unpaired) electrons. The van der Waals surface area contributed by atoms with Crippen LogP contribution in [0.25, 0.3) is 0 Å². The van der Waals surface area contributed by atoms with Crippen LogP contribution in [-0.4, -0.2) is 20.9 Å². The lowest BCUT2D eigenvalue weighted by molar-refractivity contribution is -0.118. The van der Waals surface area contributed by atoms with E-state index in [9.17, 15) is 13.2 Å². The van der Waals surface area contributed by atoms with Crippen molar-refractivity contribution in [1.29, 1.82) is 0 Å². The summed E-state index contributed by atoms with van der Waals surface area (Å²) in [4.78, 5) is 14.7. The van der Waals surface area contributed by atoms with Crippen molar-refractivity contribution in [2.24, 2.45) is 0 Å². The molecule has 0 atom stereocenters. The van der Waals surface area contributed by atoms with Crippen LogP contribution >= 0.6 is 11.3 Å². The van der Waals surface area contributed by atoms with Crippen LogP contribution in [0.4, 0.5) is 11.4 Å². The van der Waals surface area contributed by atoms with Crippen molar-refractivity contribution in [3.05, 3.63) is 40.8 Å². The van der Waals surface area contributed by atoms with Crippen LogP contribution in [0, 0.1) is 0 Å². The summed E-state index contributed by atoms with van der Waals surface area (Å²) in [6, 6.07) is 8.85. The highest BCUT2D eigenvalue weighted by molar-refractivity contribution is 7.94. The first-order valence-corrected chi connectivity index (χ1v) is 10.3. The summed E-state index contributed by atoms with van der Waals surface area (Å²) in [7, 11) is -3.57. The van der Waals surface area contributed by atoms with Crippen molar-refractivity contribution in [1.82, 2.24) is 0 Å². The molecule has 5 nitrogen and oxygen atoms in total. The number of carbonyl (C=O) groups excluding carboxylic acids is 1. The fourth-order valence-electron chi connectivity index (χ4n) is 2.87. The van der Waals surface area contributed by atoms with Gasteiger partial charge in [0.2, 0.25) is 5.91 Å². The summed E-state index contributed by atoms with van der Waals surface area (Å²) < 4.78 is 28.0. The van der Waals surface area contributed by atoms with Gasteiger partial charge in [-0.2, -0.15) is 0 Å². The van der Waals surface area contributed by atoms with E-state index in [1.807, 2.05) is 32.0 Å². The van der Waals surface area contributed by atoms with Crippen LogP contribution in [0.1, 0.15) is 30.7 Å². The Bertz CT molecular complexity index is 872. The Kier molecular flexibility index (Phi) is 4.64. The standard InChI is InChI=1S/C17H20N2O3S2/c1-3-14-7-10-17(23-14)24(21,22)18-13-6-8-15-12(11-13)5-9-16(20)19(15)4-2/h6-8,10-11,18H,3-5,9H2,1-2H3. The molecule has 0 saturated heterocycles. The third-order valence-electron chi connectivity index (χ3n) is 4.10. The summed E-state index contributed by atoms with van der Waals surface area (Å²) in [5, 5.41) is 0. The molecule has 1 aromatic heterocycles. The van der Waals surface area contributed by atoms with Gasteiger partial charge in [-0.1, -0.05) is 6.92 Å². The molecule has 0 fully saturated rings. The molecule has 0 saturated carbocycles. The molecule has 7 heteroatoms. The predicted molar refractivity (Wildman–Crippen MR) is 97.3 cm³/mol. The van der Waals surface area contributed by atoms with Crippen LogP contribution in [0.3, 0.4) is 0 Å². The average Bonchev–Trinajstić information content (AvgIpc) is 3.05. The molecular formula is C17H20N2O3S2. The molecule has 24 heavy (non-hydrogen) atoms. The third kappa shape index (κ3) is 3.18. The van der Waals surface area contributed by atoms with Gasteiger partial charge in [-0.3, -0.25) is 9.52 Å². The van der Waals surface area contributed by atoms with E-state index in [-0.39, 0.29) is 5.91 Å². The lowest BCUT2D eigenvalue weighted by Crippen LogP contribution is -2.34. The van der Waals surface area contributed by atoms with Gasteiger partial charge in [0.15, 0.2) is 0 Å². The second-order valence-corrected chi connectivity index (χ2v) is 8.74. The maximum Gasteiger partial charge on any atom is 0.271 e. The molecule has 0 spiro atoms. The highest BCUT2D eigenvalue weighted by Crippen LogP contribution is 2.31. The molecule has 0 unspecified atom stereocenters. The second kappa shape index (κ2) is 6.57. The summed E-state index contributed by atoms with van der Waals surface area (Å²) in [6.45, 7) is 4.55. The molecule has 1 amide bonds. The minimum atomic E-state index is -3.57. The zero-order valence-corrected chi connectivity index (χ0v) is 15.3. The van der Waals surface area contributed by atoms with Crippen LogP contribution in [0.15, 0.2) is 34.5 Å². The number of rotatable bonds is 5. The molecule has 3 rings (SSSR count). The van der Waals surface area contributed by atoms with Crippen LogP contribution in [-0.2, 0) is 27.7 Å². The lowest BCUT2D eigenvalue weighted by Gasteiger charge is -2.28. The van der Waals surface area contributed by atoms with E-state index in [2.05, 4.69) is 4.72 Å². The van der Waals surface area contributed by atoms with Gasteiger partial charge in [-0.25, -0.2) is 8.42 Å². The van der Waals surface area contributed by atoms with E-state index in [1.54, 1.807) is 17.0 Å². The quantitative estimate of drug-likeness (QED) is 0.884. The molecule has 1 N–H and O–H groups in total. The number of hydrogen-bond donors (Lipinski definition) is 1. The fourth-order valence-corrected chi connectivity index (χ4v) is 5.21. The Labute approximate surface area is 146 Å². The van der Waals surface area contributed by atoms with E-state index in [0.29, 0.717) is 29.3 Å². The lowest BCUT2D eigenvalue weighted by atomic mass is 10.0. The third-order valence-corrected chi connectivity index (χ3v) is 7.20. The average molecular weight is 364 g/mol. The number of aryl methyl sites for hydroxylation is 2. The number of hydrogen-bond acceptors (Lipinski definition) is 4. The second-order valence-electron chi connectivity index (χ2n) is 5.66. The molecule has 2 heterocycles. The highest BCUT2D eigenvalue weighted by Gasteiger charge is 2.24. The van der Waals surface area contributed by atoms with Crippen molar-refractivity contribution in [3.63, 3.8) is 0 Å². The number of benzene rings is 1. The number of fused-ring (bicyclic) bond motifs is 1. The topological polar surface area (TPSA) is 66.5 Å². The van der Waals surface area contributed by atoms with Crippen LogP contribution in [0.2, 0.25) is 0 Å². The van der Waals surface area contributed by atoms with Gasteiger partial charge in [0, 0.05) is 29.2 Å². The van der Waals surface area contributed by atoms with Gasteiger partial charge < -0.3 is 4.90 Å². The van der Waals surface area contributed by atoms with E-state index in [0.717, 1.165) is 22.5 Å². The Hall–Kier alpha value is -1.86. The van der Waals surface area contributed by atoms with E-state index in [4.69, 9.17) is 0 Å². The van der Waals surface area contributed by atoms with Gasteiger partial charge in [0.05, 0.1) is 0 Å². The number of anilines is 2. The first kappa shape index (κ1) is 17.0. The Morgan fingerprint density at radius 2 is 1.96 bits per heavy atom. The number of nitrogens with one attached hydrogen (secondary N) is 1. The molecule has 2 aromatic rings. The molecule has 1 aliphatic heterocycles. The first-order chi connectivity index (χ1) is 11.4. The van der Waals surface area contributed by atoms with E-state index >= 15 is 0 Å². The Balaban J connectivity index is 1.87. The van der Waals surface area contributed by atoms with Gasteiger partial charge in [-0.05, 0) is 55.7 Å². The minimum absolute atomic E-state index is 0.115. The largest absolute Gasteiger partial charge is 0.312 e. The number of amides is 1.